The highest BCUT2D eigenvalue weighted by Crippen LogP contribution is 2.21. The highest BCUT2D eigenvalue weighted by Gasteiger charge is 2.31. The van der Waals surface area contributed by atoms with Gasteiger partial charge in [0, 0.05) is 6.42 Å². The second-order valence-corrected chi connectivity index (χ2v) is 3.30. The molecule has 1 aliphatic heterocycles. The van der Waals surface area contributed by atoms with Crippen molar-refractivity contribution >= 4 is 5.71 Å². The van der Waals surface area contributed by atoms with Crippen molar-refractivity contribution in [2.24, 2.45) is 5.10 Å². The van der Waals surface area contributed by atoms with Crippen LogP contribution in [0.3, 0.4) is 0 Å². The lowest BCUT2D eigenvalue weighted by Gasteiger charge is -2.17. The Morgan fingerprint density at radius 1 is 1.67 bits per heavy atom. The molecule has 0 spiro atoms. The van der Waals surface area contributed by atoms with Gasteiger partial charge in [-0.05, 0) is 13.8 Å². The van der Waals surface area contributed by atoms with E-state index in [1.807, 2.05) is 13.8 Å². The number of hydrazone groups is 1. The van der Waals surface area contributed by atoms with Gasteiger partial charge in [-0.2, -0.15) is 5.10 Å². The smallest absolute Gasteiger partial charge is 0.102 e. The summed E-state index contributed by atoms with van der Waals surface area (Å²) < 4.78 is 5.45. The lowest BCUT2D eigenvalue weighted by molar-refractivity contribution is 0.0678. The SMILES string of the molecule is CC1(C)OCC/C1=N\NCCO. The highest BCUT2D eigenvalue weighted by molar-refractivity contribution is 5.93. The van der Waals surface area contributed by atoms with Gasteiger partial charge >= 0.3 is 0 Å². The van der Waals surface area contributed by atoms with Gasteiger partial charge in [-0.25, -0.2) is 0 Å². The van der Waals surface area contributed by atoms with Crippen LogP contribution in [0.5, 0.6) is 0 Å². The zero-order valence-electron chi connectivity index (χ0n) is 7.63. The molecule has 0 atom stereocenters. The minimum Gasteiger partial charge on any atom is -0.394 e. The Kier molecular flexibility index (Phi) is 3.05. The zero-order chi connectivity index (χ0) is 9.03. The normalized spacial score (nSPS) is 24.8. The fourth-order valence-corrected chi connectivity index (χ4v) is 1.18. The molecule has 0 aromatic rings. The van der Waals surface area contributed by atoms with Crippen LogP contribution in [0.4, 0.5) is 0 Å². The first-order valence-electron chi connectivity index (χ1n) is 4.21. The lowest BCUT2D eigenvalue weighted by Crippen LogP contribution is -2.29. The topological polar surface area (TPSA) is 53.8 Å². The van der Waals surface area contributed by atoms with Gasteiger partial charge in [0.1, 0.15) is 5.60 Å². The maximum atomic E-state index is 8.51. The number of hydrogen-bond donors (Lipinski definition) is 2. The quantitative estimate of drug-likeness (QED) is 0.470. The van der Waals surface area contributed by atoms with Crippen LogP contribution < -0.4 is 5.43 Å². The monoisotopic (exact) mass is 172 g/mol. The van der Waals surface area contributed by atoms with E-state index in [1.54, 1.807) is 0 Å². The van der Waals surface area contributed by atoms with Crippen molar-refractivity contribution in [3.63, 3.8) is 0 Å². The average Bonchev–Trinajstić information content (AvgIpc) is 2.32. The van der Waals surface area contributed by atoms with Crippen LogP contribution in [0, 0.1) is 0 Å². The molecule has 1 heterocycles. The van der Waals surface area contributed by atoms with Gasteiger partial charge in [0.15, 0.2) is 0 Å². The van der Waals surface area contributed by atoms with E-state index in [0.717, 1.165) is 18.7 Å². The molecule has 0 bridgehead atoms. The van der Waals surface area contributed by atoms with Crippen molar-refractivity contribution < 1.29 is 9.84 Å². The van der Waals surface area contributed by atoms with E-state index < -0.39 is 0 Å². The van der Waals surface area contributed by atoms with Crippen LogP contribution in [-0.2, 0) is 4.74 Å². The van der Waals surface area contributed by atoms with E-state index in [0.29, 0.717) is 6.54 Å². The molecular formula is C8H16N2O2. The summed E-state index contributed by atoms with van der Waals surface area (Å²) in [6.07, 6.45) is 0.880. The summed E-state index contributed by atoms with van der Waals surface area (Å²) >= 11 is 0. The first kappa shape index (κ1) is 9.48. The number of aliphatic hydroxyl groups is 1. The molecule has 2 N–H and O–H groups in total. The molecule has 12 heavy (non-hydrogen) atoms. The van der Waals surface area contributed by atoms with Crippen molar-refractivity contribution in [1.29, 1.82) is 0 Å². The summed E-state index contributed by atoms with van der Waals surface area (Å²) in [5.41, 5.74) is 3.58. The molecule has 0 amide bonds. The molecule has 0 radical (unpaired) electrons. The zero-order valence-corrected chi connectivity index (χ0v) is 7.63. The van der Waals surface area contributed by atoms with Crippen molar-refractivity contribution in [2.75, 3.05) is 19.8 Å². The highest BCUT2D eigenvalue weighted by atomic mass is 16.5. The van der Waals surface area contributed by atoms with Crippen molar-refractivity contribution in [1.82, 2.24) is 5.43 Å². The fraction of sp³-hybridized carbons (Fsp3) is 0.875. The van der Waals surface area contributed by atoms with Gasteiger partial charge in [0.25, 0.3) is 0 Å². The maximum Gasteiger partial charge on any atom is 0.102 e. The first-order valence-corrected chi connectivity index (χ1v) is 4.21. The summed E-state index contributed by atoms with van der Waals surface area (Å²) in [7, 11) is 0. The molecule has 0 aromatic carbocycles. The van der Waals surface area contributed by atoms with E-state index in [-0.39, 0.29) is 12.2 Å². The minimum atomic E-state index is -0.234. The minimum absolute atomic E-state index is 0.109. The molecule has 0 aliphatic carbocycles. The molecule has 0 aromatic heterocycles. The van der Waals surface area contributed by atoms with Crippen LogP contribution >= 0.6 is 0 Å². The summed E-state index contributed by atoms with van der Waals surface area (Å²) in [5.74, 6) is 0. The van der Waals surface area contributed by atoms with E-state index in [4.69, 9.17) is 9.84 Å². The van der Waals surface area contributed by atoms with E-state index in [9.17, 15) is 0 Å². The summed E-state index contributed by atoms with van der Waals surface area (Å²) in [4.78, 5) is 0. The molecule has 1 aliphatic rings. The third-order valence-electron chi connectivity index (χ3n) is 1.93. The Hall–Kier alpha value is -0.610. The van der Waals surface area contributed by atoms with Gasteiger partial charge in [-0.3, -0.25) is 0 Å². The van der Waals surface area contributed by atoms with Crippen molar-refractivity contribution in [2.45, 2.75) is 25.9 Å². The average molecular weight is 172 g/mol. The Morgan fingerprint density at radius 2 is 2.42 bits per heavy atom. The summed E-state index contributed by atoms with van der Waals surface area (Å²) in [6, 6.07) is 0. The van der Waals surface area contributed by atoms with E-state index >= 15 is 0 Å². The predicted octanol–water partition coefficient (Wildman–Crippen LogP) is 0.123. The third kappa shape index (κ3) is 2.19. The number of nitrogens with zero attached hydrogens (tertiary/aromatic N) is 1. The number of ether oxygens (including phenoxy) is 1. The van der Waals surface area contributed by atoms with Crippen LogP contribution in [0.2, 0.25) is 0 Å². The number of hydrogen-bond acceptors (Lipinski definition) is 4. The van der Waals surface area contributed by atoms with Gasteiger partial charge < -0.3 is 15.3 Å². The second-order valence-electron chi connectivity index (χ2n) is 3.30. The third-order valence-corrected chi connectivity index (χ3v) is 1.93. The second kappa shape index (κ2) is 3.87. The molecular weight excluding hydrogens is 156 g/mol. The Bertz CT molecular complexity index is 178. The van der Waals surface area contributed by atoms with Crippen LogP contribution in [0.1, 0.15) is 20.3 Å². The Balaban J connectivity index is 2.44. The summed E-state index contributed by atoms with van der Waals surface area (Å²) in [6.45, 7) is 5.35. The molecule has 0 unspecified atom stereocenters. The maximum absolute atomic E-state index is 8.51. The molecule has 1 fully saturated rings. The molecule has 1 saturated heterocycles. The van der Waals surface area contributed by atoms with Gasteiger partial charge in [0.2, 0.25) is 0 Å². The number of nitrogens with one attached hydrogen (secondary N) is 1. The van der Waals surface area contributed by atoms with E-state index in [2.05, 4.69) is 10.5 Å². The van der Waals surface area contributed by atoms with Gasteiger partial charge in [-0.15, -0.1) is 0 Å². The Morgan fingerprint density at radius 3 is 2.92 bits per heavy atom. The predicted molar refractivity (Wildman–Crippen MR) is 47.2 cm³/mol. The van der Waals surface area contributed by atoms with Crippen molar-refractivity contribution in [3.8, 4) is 0 Å². The van der Waals surface area contributed by atoms with Crippen LogP contribution in [0.15, 0.2) is 5.10 Å². The van der Waals surface area contributed by atoms with Gasteiger partial charge in [-0.1, -0.05) is 0 Å². The van der Waals surface area contributed by atoms with Crippen LogP contribution in [-0.4, -0.2) is 36.2 Å². The molecule has 1 rings (SSSR count). The number of aliphatic hydroxyl groups excluding tert-OH is 1. The fourth-order valence-electron chi connectivity index (χ4n) is 1.18. The van der Waals surface area contributed by atoms with Gasteiger partial charge in [0.05, 0.1) is 25.5 Å². The lowest BCUT2D eigenvalue weighted by atomic mass is 10.0. The standard InChI is InChI=1S/C8H16N2O2/c1-8(2)7(3-6-12-8)10-9-4-5-11/h9,11H,3-6H2,1-2H3/b10-7+. The molecule has 70 valence electrons. The summed E-state index contributed by atoms with van der Waals surface area (Å²) in [5, 5.41) is 12.7. The van der Waals surface area contributed by atoms with Crippen molar-refractivity contribution in [3.05, 3.63) is 0 Å². The largest absolute Gasteiger partial charge is 0.394 e. The van der Waals surface area contributed by atoms with E-state index in [1.165, 1.54) is 0 Å². The number of rotatable bonds is 3. The van der Waals surface area contributed by atoms with Crippen LogP contribution in [0.25, 0.3) is 0 Å². The molecule has 4 nitrogen and oxygen atoms in total. The first-order chi connectivity index (χ1) is 5.67. The molecule has 0 saturated carbocycles. The Labute approximate surface area is 72.6 Å². The molecule has 4 heteroatoms.